The van der Waals surface area contributed by atoms with E-state index >= 15 is 0 Å². The largest absolute Gasteiger partial charge is 0.496 e. The summed E-state index contributed by atoms with van der Waals surface area (Å²) >= 11 is 3.41. The SMILES string of the molecule is CCOC(=O)c1cn(C(COSC)C(C)(C)C)c2cc(OC)c(I)cc2c1=O. The van der Waals surface area contributed by atoms with E-state index in [1.165, 1.54) is 12.0 Å². The minimum Gasteiger partial charge on any atom is -0.496 e. The molecule has 0 N–H and O–H groups in total. The fourth-order valence-corrected chi connectivity index (χ4v) is 3.95. The number of carbonyl (C=O) groups excluding carboxylic acids is 1. The molecule has 28 heavy (non-hydrogen) atoms. The molecule has 0 saturated heterocycles. The summed E-state index contributed by atoms with van der Waals surface area (Å²) in [6, 6.07) is 3.47. The van der Waals surface area contributed by atoms with Gasteiger partial charge in [0.1, 0.15) is 11.3 Å². The van der Waals surface area contributed by atoms with Crippen LogP contribution in [0.5, 0.6) is 5.75 Å². The van der Waals surface area contributed by atoms with Crippen molar-refractivity contribution in [1.29, 1.82) is 0 Å². The van der Waals surface area contributed by atoms with Crippen molar-refractivity contribution in [3.8, 4) is 5.75 Å². The zero-order valence-electron chi connectivity index (χ0n) is 17.0. The number of pyridine rings is 1. The first-order valence-corrected chi connectivity index (χ1v) is 11.1. The predicted octanol–water partition coefficient (Wildman–Crippen LogP) is 4.67. The molecule has 1 heterocycles. The minimum atomic E-state index is -0.618. The van der Waals surface area contributed by atoms with Crippen LogP contribution in [0.3, 0.4) is 0 Å². The van der Waals surface area contributed by atoms with Gasteiger partial charge in [-0.3, -0.25) is 4.79 Å². The number of hydrogen-bond donors (Lipinski definition) is 0. The third-order valence-electron chi connectivity index (χ3n) is 4.48. The molecular weight excluding hydrogens is 493 g/mol. The average molecular weight is 519 g/mol. The van der Waals surface area contributed by atoms with Gasteiger partial charge in [0.25, 0.3) is 0 Å². The van der Waals surface area contributed by atoms with Crippen molar-refractivity contribution in [2.75, 3.05) is 26.6 Å². The number of benzene rings is 1. The maximum atomic E-state index is 13.0. The number of hydrogen-bond acceptors (Lipinski definition) is 6. The highest BCUT2D eigenvalue weighted by Crippen LogP contribution is 2.35. The van der Waals surface area contributed by atoms with E-state index in [4.69, 9.17) is 13.7 Å². The topological polar surface area (TPSA) is 66.8 Å². The molecule has 1 aromatic heterocycles. The molecule has 154 valence electrons. The Bertz CT molecular complexity index is 919. The van der Waals surface area contributed by atoms with Crippen LogP contribution in [0.15, 0.2) is 23.1 Å². The predicted molar refractivity (Wildman–Crippen MR) is 121 cm³/mol. The van der Waals surface area contributed by atoms with Crippen LogP contribution in [0.4, 0.5) is 0 Å². The molecule has 0 fully saturated rings. The van der Waals surface area contributed by atoms with Crippen LogP contribution in [-0.4, -0.2) is 37.1 Å². The molecule has 0 saturated carbocycles. The monoisotopic (exact) mass is 519 g/mol. The van der Waals surface area contributed by atoms with E-state index in [1.807, 2.05) is 16.9 Å². The van der Waals surface area contributed by atoms with Gasteiger partial charge in [0.15, 0.2) is 0 Å². The third-order valence-corrected chi connectivity index (χ3v) is 5.70. The molecule has 0 amide bonds. The summed E-state index contributed by atoms with van der Waals surface area (Å²) in [5.74, 6) is 0.0519. The van der Waals surface area contributed by atoms with Crippen molar-refractivity contribution in [1.82, 2.24) is 4.57 Å². The van der Waals surface area contributed by atoms with E-state index < -0.39 is 5.97 Å². The molecule has 1 unspecified atom stereocenters. The Morgan fingerprint density at radius 1 is 1.32 bits per heavy atom. The molecule has 2 rings (SSSR count). The van der Waals surface area contributed by atoms with Gasteiger partial charge in [-0.2, -0.15) is 0 Å². The van der Waals surface area contributed by atoms with E-state index in [1.54, 1.807) is 26.3 Å². The maximum absolute atomic E-state index is 13.0. The highest BCUT2D eigenvalue weighted by molar-refractivity contribution is 14.1. The quantitative estimate of drug-likeness (QED) is 0.301. The van der Waals surface area contributed by atoms with E-state index in [-0.39, 0.29) is 29.1 Å². The molecule has 0 aliphatic heterocycles. The summed E-state index contributed by atoms with van der Waals surface area (Å²) < 4.78 is 19.0. The number of nitrogens with zero attached hydrogens (tertiary/aromatic N) is 1. The van der Waals surface area contributed by atoms with Crippen molar-refractivity contribution in [3.63, 3.8) is 0 Å². The first kappa shape index (κ1) is 23.0. The summed E-state index contributed by atoms with van der Waals surface area (Å²) in [7, 11) is 1.59. The number of esters is 1. The molecule has 1 atom stereocenters. The smallest absolute Gasteiger partial charge is 0.343 e. The van der Waals surface area contributed by atoms with Crippen molar-refractivity contribution >= 4 is 51.5 Å². The lowest BCUT2D eigenvalue weighted by atomic mass is 9.86. The fraction of sp³-hybridized carbons (Fsp3) is 0.500. The number of rotatable bonds is 7. The van der Waals surface area contributed by atoms with Crippen LogP contribution < -0.4 is 10.2 Å². The van der Waals surface area contributed by atoms with Crippen LogP contribution in [0.1, 0.15) is 44.1 Å². The first-order valence-electron chi connectivity index (χ1n) is 8.90. The summed E-state index contributed by atoms with van der Waals surface area (Å²) in [6.45, 7) is 8.63. The van der Waals surface area contributed by atoms with E-state index in [2.05, 4.69) is 43.4 Å². The Kier molecular flexibility index (Phi) is 7.81. The standard InChI is InChI=1S/C20H26INO5S/c1-7-26-19(24)13-10-22(17(11-27-28-6)20(2,3)4)15-9-16(25-5)14(21)8-12(15)18(13)23/h8-10,17H,7,11H2,1-6H3. The van der Waals surface area contributed by atoms with Crippen molar-refractivity contribution in [2.24, 2.45) is 5.41 Å². The van der Waals surface area contributed by atoms with Gasteiger partial charge >= 0.3 is 5.97 Å². The lowest BCUT2D eigenvalue weighted by Gasteiger charge is -2.34. The van der Waals surface area contributed by atoms with Crippen molar-refractivity contribution < 1.29 is 18.5 Å². The van der Waals surface area contributed by atoms with E-state index in [0.29, 0.717) is 23.3 Å². The van der Waals surface area contributed by atoms with Crippen LogP contribution in [0.25, 0.3) is 10.9 Å². The Morgan fingerprint density at radius 2 is 2.00 bits per heavy atom. The molecule has 0 aliphatic carbocycles. The van der Waals surface area contributed by atoms with Crippen molar-refractivity contribution in [2.45, 2.75) is 33.7 Å². The molecule has 2 aromatic rings. The van der Waals surface area contributed by atoms with E-state index in [9.17, 15) is 9.59 Å². The molecule has 1 aromatic carbocycles. The average Bonchev–Trinajstić information content (AvgIpc) is 2.62. The first-order chi connectivity index (χ1) is 13.1. The molecule has 0 bridgehead atoms. The fourth-order valence-electron chi connectivity index (χ4n) is 3.00. The summed E-state index contributed by atoms with van der Waals surface area (Å²) in [4.78, 5) is 25.5. The molecule has 8 heteroatoms. The molecule has 6 nitrogen and oxygen atoms in total. The zero-order chi connectivity index (χ0) is 21.1. The van der Waals surface area contributed by atoms with Gasteiger partial charge in [0, 0.05) is 23.9 Å². The van der Waals surface area contributed by atoms with Gasteiger partial charge < -0.3 is 18.2 Å². The molecule has 0 aliphatic rings. The second kappa shape index (κ2) is 9.49. The Labute approximate surface area is 183 Å². The number of aromatic nitrogens is 1. The second-order valence-electron chi connectivity index (χ2n) is 7.34. The molecule has 0 spiro atoms. The van der Waals surface area contributed by atoms with E-state index in [0.717, 1.165) is 3.57 Å². The zero-order valence-corrected chi connectivity index (χ0v) is 20.0. The van der Waals surface area contributed by atoms with Crippen LogP contribution in [-0.2, 0) is 8.92 Å². The highest BCUT2D eigenvalue weighted by Gasteiger charge is 2.29. The van der Waals surface area contributed by atoms with Crippen LogP contribution >= 0.6 is 34.6 Å². The number of carbonyl (C=O) groups is 1. The van der Waals surface area contributed by atoms with Gasteiger partial charge in [-0.1, -0.05) is 20.8 Å². The number of fused-ring (bicyclic) bond motifs is 1. The van der Waals surface area contributed by atoms with Gasteiger partial charge in [-0.05, 0) is 53.0 Å². The highest BCUT2D eigenvalue weighted by atomic mass is 127. The van der Waals surface area contributed by atoms with Gasteiger partial charge in [0.2, 0.25) is 5.43 Å². The summed E-state index contributed by atoms with van der Waals surface area (Å²) in [5.41, 5.74) is 0.178. The Morgan fingerprint density at radius 3 is 2.54 bits per heavy atom. The normalized spacial score (nSPS) is 12.8. The minimum absolute atomic E-state index is 0.0220. The van der Waals surface area contributed by atoms with Crippen LogP contribution in [0, 0.1) is 8.99 Å². The summed E-state index contributed by atoms with van der Waals surface area (Å²) in [5, 5.41) is 0.453. The Hall–Kier alpha value is -1.26. The van der Waals surface area contributed by atoms with Crippen molar-refractivity contribution in [3.05, 3.63) is 37.7 Å². The lowest BCUT2D eigenvalue weighted by molar-refractivity contribution is 0.0523. The maximum Gasteiger partial charge on any atom is 0.343 e. The second-order valence-corrected chi connectivity index (χ2v) is 9.07. The van der Waals surface area contributed by atoms with Gasteiger partial charge in [0.05, 0.1) is 35.5 Å². The van der Waals surface area contributed by atoms with Gasteiger partial charge in [-0.25, -0.2) is 4.79 Å². The summed E-state index contributed by atoms with van der Waals surface area (Å²) in [6.07, 6.45) is 3.45. The third kappa shape index (κ3) is 4.83. The molecule has 0 radical (unpaired) electrons. The number of ether oxygens (including phenoxy) is 2. The number of methoxy groups -OCH3 is 1. The Balaban J connectivity index is 2.88. The lowest BCUT2D eigenvalue weighted by Crippen LogP contribution is -2.31. The van der Waals surface area contributed by atoms with Crippen LogP contribution in [0.2, 0.25) is 0 Å². The molecular formula is C20H26INO5S. The number of halogens is 1. The van der Waals surface area contributed by atoms with Gasteiger partial charge in [-0.15, -0.1) is 0 Å².